The minimum atomic E-state index is -0.963. The lowest BCUT2D eigenvalue weighted by molar-refractivity contribution is 0.0697. The van der Waals surface area contributed by atoms with Gasteiger partial charge in [-0.3, -0.25) is 0 Å². The first kappa shape index (κ1) is 14.1. The summed E-state index contributed by atoms with van der Waals surface area (Å²) in [5.41, 5.74) is 3.34. The average molecular weight is 273 g/mol. The highest BCUT2D eigenvalue weighted by molar-refractivity contribution is 5.89. The number of carboxylic acids is 1. The van der Waals surface area contributed by atoms with Crippen molar-refractivity contribution in [3.63, 3.8) is 0 Å². The Kier molecular flexibility index (Phi) is 4.03. The van der Waals surface area contributed by atoms with Crippen LogP contribution < -0.4 is 5.32 Å². The van der Waals surface area contributed by atoms with Crippen molar-refractivity contribution in [3.05, 3.63) is 64.5 Å². The van der Waals surface area contributed by atoms with E-state index in [0.29, 0.717) is 12.1 Å². The SMILES string of the molecule is Cc1ccc(CNc2cc(C(=O)O)ccc2C)cc1F. The Morgan fingerprint density at radius 1 is 1.15 bits per heavy atom. The van der Waals surface area contributed by atoms with Crippen LogP contribution in [-0.2, 0) is 6.54 Å². The van der Waals surface area contributed by atoms with E-state index < -0.39 is 5.97 Å². The summed E-state index contributed by atoms with van der Waals surface area (Å²) in [5, 5.41) is 12.1. The number of hydrogen-bond donors (Lipinski definition) is 2. The fourth-order valence-corrected chi connectivity index (χ4v) is 1.89. The Morgan fingerprint density at radius 3 is 2.50 bits per heavy atom. The first-order valence-corrected chi connectivity index (χ1v) is 6.30. The third kappa shape index (κ3) is 3.15. The molecule has 4 heteroatoms. The molecule has 104 valence electrons. The van der Waals surface area contributed by atoms with Crippen LogP contribution in [0.15, 0.2) is 36.4 Å². The summed E-state index contributed by atoms with van der Waals surface area (Å²) >= 11 is 0. The molecule has 0 amide bonds. The van der Waals surface area contributed by atoms with Crippen LogP contribution in [0.25, 0.3) is 0 Å². The second-order valence-corrected chi connectivity index (χ2v) is 4.77. The minimum Gasteiger partial charge on any atom is -0.478 e. The molecule has 20 heavy (non-hydrogen) atoms. The quantitative estimate of drug-likeness (QED) is 0.891. The lowest BCUT2D eigenvalue weighted by Gasteiger charge is -2.11. The molecule has 0 heterocycles. The molecule has 0 aromatic heterocycles. The van der Waals surface area contributed by atoms with E-state index in [-0.39, 0.29) is 11.4 Å². The second kappa shape index (κ2) is 5.74. The summed E-state index contributed by atoms with van der Waals surface area (Å²) in [5.74, 6) is -1.20. The highest BCUT2D eigenvalue weighted by Crippen LogP contribution is 2.18. The molecular formula is C16H16FNO2. The molecule has 2 aromatic rings. The third-order valence-corrected chi connectivity index (χ3v) is 3.20. The lowest BCUT2D eigenvalue weighted by Crippen LogP contribution is -2.04. The number of hydrogen-bond acceptors (Lipinski definition) is 2. The van der Waals surface area contributed by atoms with E-state index in [1.807, 2.05) is 13.0 Å². The number of carboxylic acid groups (broad SMARTS) is 1. The van der Waals surface area contributed by atoms with E-state index in [9.17, 15) is 9.18 Å². The Labute approximate surface area is 117 Å². The molecule has 0 fully saturated rings. The standard InChI is InChI=1S/C16H16FNO2/c1-10-3-5-12(7-14(10)17)9-18-15-8-13(16(19)20)6-4-11(15)2/h3-8,18H,9H2,1-2H3,(H,19,20). The van der Waals surface area contributed by atoms with Crippen molar-refractivity contribution in [1.82, 2.24) is 0 Å². The Morgan fingerprint density at radius 2 is 1.85 bits per heavy atom. The van der Waals surface area contributed by atoms with Gasteiger partial charge in [0.2, 0.25) is 0 Å². The summed E-state index contributed by atoms with van der Waals surface area (Å²) < 4.78 is 13.4. The summed E-state index contributed by atoms with van der Waals surface area (Å²) in [6.45, 7) is 4.05. The van der Waals surface area contributed by atoms with E-state index in [2.05, 4.69) is 5.32 Å². The van der Waals surface area contributed by atoms with Gasteiger partial charge in [-0.05, 0) is 48.7 Å². The number of rotatable bonds is 4. The zero-order valence-corrected chi connectivity index (χ0v) is 11.4. The smallest absolute Gasteiger partial charge is 0.335 e. The van der Waals surface area contributed by atoms with Gasteiger partial charge in [-0.25, -0.2) is 9.18 Å². The molecular weight excluding hydrogens is 257 g/mol. The van der Waals surface area contributed by atoms with Gasteiger partial charge in [0.15, 0.2) is 0 Å². The number of nitrogens with one attached hydrogen (secondary N) is 1. The minimum absolute atomic E-state index is 0.230. The van der Waals surface area contributed by atoms with Gasteiger partial charge in [0.25, 0.3) is 0 Å². The van der Waals surface area contributed by atoms with E-state index >= 15 is 0 Å². The molecule has 3 nitrogen and oxygen atoms in total. The molecule has 2 rings (SSSR count). The summed E-state index contributed by atoms with van der Waals surface area (Å²) in [4.78, 5) is 10.9. The predicted molar refractivity (Wildman–Crippen MR) is 76.6 cm³/mol. The fraction of sp³-hybridized carbons (Fsp3) is 0.188. The molecule has 0 bridgehead atoms. The van der Waals surface area contributed by atoms with Gasteiger partial charge >= 0.3 is 5.97 Å². The maximum absolute atomic E-state index is 13.4. The van der Waals surface area contributed by atoms with Crippen molar-refractivity contribution in [2.75, 3.05) is 5.32 Å². The monoisotopic (exact) mass is 273 g/mol. The fourth-order valence-electron chi connectivity index (χ4n) is 1.89. The molecule has 0 saturated carbocycles. The second-order valence-electron chi connectivity index (χ2n) is 4.77. The first-order valence-electron chi connectivity index (χ1n) is 6.30. The Bertz CT molecular complexity index is 653. The maximum Gasteiger partial charge on any atom is 0.335 e. The molecule has 0 atom stereocenters. The molecule has 0 aliphatic rings. The van der Waals surface area contributed by atoms with Crippen molar-refractivity contribution in [2.24, 2.45) is 0 Å². The van der Waals surface area contributed by atoms with Crippen LogP contribution in [0, 0.1) is 19.7 Å². The van der Waals surface area contributed by atoms with Gasteiger partial charge in [0.1, 0.15) is 5.82 Å². The van der Waals surface area contributed by atoms with Crippen LogP contribution in [0.5, 0.6) is 0 Å². The number of halogens is 1. The largest absolute Gasteiger partial charge is 0.478 e. The normalized spacial score (nSPS) is 10.3. The first-order chi connectivity index (χ1) is 9.47. The van der Waals surface area contributed by atoms with Crippen molar-refractivity contribution in [2.45, 2.75) is 20.4 Å². The predicted octanol–water partition coefficient (Wildman–Crippen LogP) is 3.75. The van der Waals surface area contributed by atoms with E-state index in [1.54, 1.807) is 31.2 Å². The zero-order valence-electron chi connectivity index (χ0n) is 11.4. The number of benzene rings is 2. The number of aryl methyl sites for hydroxylation is 2. The van der Waals surface area contributed by atoms with Crippen molar-refractivity contribution < 1.29 is 14.3 Å². The number of aromatic carboxylic acids is 1. The molecule has 0 spiro atoms. The molecule has 2 aromatic carbocycles. The summed E-state index contributed by atoms with van der Waals surface area (Å²) in [6.07, 6.45) is 0. The molecule has 0 aliphatic heterocycles. The third-order valence-electron chi connectivity index (χ3n) is 3.20. The average Bonchev–Trinajstić information content (AvgIpc) is 2.41. The van der Waals surface area contributed by atoms with Crippen LogP contribution in [0.3, 0.4) is 0 Å². The topological polar surface area (TPSA) is 49.3 Å². The van der Waals surface area contributed by atoms with Crippen LogP contribution in [0.4, 0.5) is 10.1 Å². The summed E-state index contributed by atoms with van der Waals surface area (Å²) in [7, 11) is 0. The molecule has 0 radical (unpaired) electrons. The van der Waals surface area contributed by atoms with E-state index in [0.717, 1.165) is 16.8 Å². The van der Waals surface area contributed by atoms with Crippen LogP contribution in [0.1, 0.15) is 27.0 Å². The van der Waals surface area contributed by atoms with Crippen molar-refractivity contribution in [3.8, 4) is 0 Å². The van der Waals surface area contributed by atoms with Crippen molar-refractivity contribution in [1.29, 1.82) is 0 Å². The number of anilines is 1. The molecule has 0 aliphatic carbocycles. The maximum atomic E-state index is 13.4. The van der Waals surface area contributed by atoms with Gasteiger partial charge in [-0.15, -0.1) is 0 Å². The number of carbonyl (C=O) groups is 1. The van der Waals surface area contributed by atoms with Crippen LogP contribution in [-0.4, -0.2) is 11.1 Å². The van der Waals surface area contributed by atoms with Gasteiger partial charge in [0, 0.05) is 12.2 Å². The van der Waals surface area contributed by atoms with Crippen LogP contribution in [0.2, 0.25) is 0 Å². The molecule has 2 N–H and O–H groups in total. The van der Waals surface area contributed by atoms with Gasteiger partial charge in [-0.1, -0.05) is 18.2 Å². The van der Waals surface area contributed by atoms with Gasteiger partial charge < -0.3 is 10.4 Å². The highest BCUT2D eigenvalue weighted by atomic mass is 19.1. The lowest BCUT2D eigenvalue weighted by atomic mass is 10.1. The highest BCUT2D eigenvalue weighted by Gasteiger charge is 2.06. The van der Waals surface area contributed by atoms with Gasteiger partial charge in [-0.2, -0.15) is 0 Å². The Hall–Kier alpha value is -2.36. The zero-order chi connectivity index (χ0) is 14.7. The van der Waals surface area contributed by atoms with Crippen LogP contribution >= 0.6 is 0 Å². The van der Waals surface area contributed by atoms with E-state index in [4.69, 9.17) is 5.11 Å². The Balaban J connectivity index is 2.15. The van der Waals surface area contributed by atoms with Crippen molar-refractivity contribution >= 4 is 11.7 Å². The molecule has 0 saturated heterocycles. The molecule has 0 unspecified atom stereocenters. The van der Waals surface area contributed by atoms with E-state index in [1.165, 1.54) is 6.07 Å². The van der Waals surface area contributed by atoms with Gasteiger partial charge in [0.05, 0.1) is 5.56 Å². The summed E-state index contributed by atoms with van der Waals surface area (Å²) in [6, 6.07) is 9.96.